The molecule has 1 fully saturated rings. The molecule has 3 rings (SSSR count). The highest BCUT2D eigenvalue weighted by atomic mass is 16.2. The van der Waals surface area contributed by atoms with Gasteiger partial charge in [-0.05, 0) is 36.4 Å². The number of amides is 3. The van der Waals surface area contributed by atoms with E-state index in [1.807, 2.05) is 38.1 Å². The number of rotatable bonds is 3. The average molecular weight is 357 g/mol. The summed E-state index contributed by atoms with van der Waals surface area (Å²) in [5, 5.41) is 14.1. The molecule has 1 aromatic carbocycles. The Morgan fingerprint density at radius 1 is 1.08 bits per heavy atom. The Kier molecular flexibility index (Phi) is 5.15. The second kappa shape index (κ2) is 7.51. The Balaban J connectivity index is 1.53. The normalized spacial score (nSPS) is 15.7. The van der Waals surface area contributed by atoms with Crippen LogP contribution in [0.4, 0.5) is 4.79 Å². The molecular weight excluding hydrogens is 334 g/mol. The lowest BCUT2D eigenvalue weighted by molar-refractivity contribution is 0.0663. The molecule has 1 aliphatic heterocycles. The minimum absolute atomic E-state index is 0.00332. The molecule has 26 heavy (non-hydrogen) atoms. The van der Waals surface area contributed by atoms with E-state index < -0.39 is 0 Å². The highest BCUT2D eigenvalue weighted by Gasteiger charge is 2.26. The van der Waals surface area contributed by atoms with E-state index in [1.165, 1.54) is 4.68 Å². The van der Waals surface area contributed by atoms with Crippen molar-refractivity contribution >= 4 is 11.9 Å². The van der Waals surface area contributed by atoms with Crippen molar-refractivity contribution < 1.29 is 9.59 Å². The Morgan fingerprint density at radius 3 is 2.27 bits per heavy atom. The second-order valence-electron chi connectivity index (χ2n) is 6.48. The molecule has 1 aromatic heterocycles. The van der Waals surface area contributed by atoms with Crippen LogP contribution >= 0.6 is 0 Å². The zero-order chi connectivity index (χ0) is 18.7. The Bertz CT molecular complexity index is 779. The quantitative estimate of drug-likeness (QED) is 0.874. The van der Waals surface area contributed by atoms with Gasteiger partial charge >= 0.3 is 6.03 Å². The van der Waals surface area contributed by atoms with Crippen LogP contribution in [0.15, 0.2) is 24.3 Å². The van der Waals surface area contributed by atoms with E-state index in [0.29, 0.717) is 37.6 Å². The summed E-state index contributed by atoms with van der Waals surface area (Å²) in [4.78, 5) is 28.5. The van der Waals surface area contributed by atoms with Crippen molar-refractivity contribution in [3.05, 3.63) is 41.2 Å². The van der Waals surface area contributed by atoms with Crippen LogP contribution in [0.5, 0.6) is 0 Å². The number of hydrogen-bond donors (Lipinski definition) is 1. The molecule has 1 atom stereocenters. The second-order valence-corrected chi connectivity index (χ2v) is 6.48. The van der Waals surface area contributed by atoms with Gasteiger partial charge in [0.05, 0.1) is 6.04 Å². The molecule has 0 spiro atoms. The van der Waals surface area contributed by atoms with Crippen LogP contribution in [-0.4, -0.2) is 68.1 Å². The number of hydrogen-bond acceptors (Lipinski definition) is 5. The van der Waals surface area contributed by atoms with Crippen LogP contribution in [0.3, 0.4) is 0 Å². The number of urea groups is 1. The first kappa shape index (κ1) is 17.8. The molecule has 0 radical (unpaired) electrons. The summed E-state index contributed by atoms with van der Waals surface area (Å²) in [5.41, 5.74) is 1.80. The number of benzene rings is 1. The highest BCUT2D eigenvalue weighted by Crippen LogP contribution is 2.12. The summed E-state index contributed by atoms with van der Waals surface area (Å²) in [5.74, 6) is 0.593. The number of carbonyl (C=O) groups is 2. The summed E-state index contributed by atoms with van der Waals surface area (Å²) in [6.07, 6.45) is 0. The monoisotopic (exact) mass is 357 g/mol. The van der Waals surface area contributed by atoms with Crippen molar-refractivity contribution in [1.29, 1.82) is 0 Å². The fourth-order valence-electron chi connectivity index (χ4n) is 2.94. The average Bonchev–Trinajstić information content (AvgIpc) is 3.08. The third kappa shape index (κ3) is 3.81. The number of tetrazole rings is 1. The lowest BCUT2D eigenvalue weighted by Crippen LogP contribution is -2.53. The number of piperazine rings is 1. The molecule has 9 heteroatoms. The zero-order valence-electron chi connectivity index (χ0n) is 15.2. The molecule has 1 N–H and O–H groups in total. The molecular formula is C17H23N7O2. The van der Waals surface area contributed by atoms with Crippen LogP contribution in [0.25, 0.3) is 0 Å². The molecule has 0 unspecified atom stereocenters. The van der Waals surface area contributed by atoms with E-state index in [9.17, 15) is 9.59 Å². The summed E-state index contributed by atoms with van der Waals surface area (Å²) in [6.45, 7) is 5.84. The maximum atomic E-state index is 12.5. The smallest absolute Gasteiger partial charge is 0.318 e. The van der Waals surface area contributed by atoms with Crippen molar-refractivity contribution in [2.24, 2.45) is 7.05 Å². The first-order valence-corrected chi connectivity index (χ1v) is 8.59. The molecule has 1 saturated heterocycles. The van der Waals surface area contributed by atoms with Gasteiger partial charge in [0.15, 0.2) is 5.82 Å². The van der Waals surface area contributed by atoms with Crippen molar-refractivity contribution in [3.8, 4) is 0 Å². The third-order valence-corrected chi connectivity index (χ3v) is 4.53. The van der Waals surface area contributed by atoms with Gasteiger partial charge in [0.2, 0.25) is 0 Å². The topological polar surface area (TPSA) is 96.2 Å². The van der Waals surface area contributed by atoms with Gasteiger partial charge in [-0.3, -0.25) is 4.79 Å². The van der Waals surface area contributed by atoms with Gasteiger partial charge in [0.25, 0.3) is 5.91 Å². The van der Waals surface area contributed by atoms with E-state index in [2.05, 4.69) is 20.8 Å². The molecule has 9 nitrogen and oxygen atoms in total. The predicted molar refractivity (Wildman–Crippen MR) is 94.4 cm³/mol. The third-order valence-electron chi connectivity index (χ3n) is 4.53. The molecule has 0 aliphatic carbocycles. The van der Waals surface area contributed by atoms with Crippen LogP contribution < -0.4 is 5.32 Å². The molecule has 1 aliphatic rings. The number of carbonyl (C=O) groups excluding carboxylic acids is 2. The van der Waals surface area contributed by atoms with Crippen molar-refractivity contribution in [2.75, 3.05) is 26.2 Å². The van der Waals surface area contributed by atoms with Crippen molar-refractivity contribution in [2.45, 2.75) is 19.9 Å². The van der Waals surface area contributed by atoms with Crippen LogP contribution in [-0.2, 0) is 7.05 Å². The highest BCUT2D eigenvalue weighted by molar-refractivity contribution is 5.94. The summed E-state index contributed by atoms with van der Waals surface area (Å²) < 4.78 is 1.53. The summed E-state index contributed by atoms with van der Waals surface area (Å²) in [7, 11) is 1.73. The fourth-order valence-corrected chi connectivity index (χ4v) is 2.94. The van der Waals surface area contributed by atoms with Gasteiger partial charge in [-0.25, -0.2) is 9.48 Å². The lowest BCUT2D eigenvalue weighted by Gasteiger charge is -2.35. The van der Waals surface area contributed by atoms with Crippen molar-refractivity contribution in [3.63, 3.8) is 0 Å². The van der Waals surface area contributed by atoms with Crippen molar-refractivity contribution in [1.82, 2.24) is 35.3 Å². The Morgan fingerprint density at radius 2 is 1.69 bits per heavy atom. The van der Waals surface area contributed by atoms with Gasteiger partial charge in [-0.1, -0.05) is 17.7 Å². The lowest BCUT2D eigenvalue weighted by atomic mass is 10.1. The maximum absolute atomic E-state index is 12.5. The molecule has 2 aromatic rings. The summed E-state index contributed by atoms with van der Waals surface area (Å²) in [6, 6.07) is 7.07. The first-order valence-electron chi connectivity index (χ1n) is 8.59. The van der Waals surface area contributed by atoms with Crippen LogP contribution in [0.1, 0.15) is 34.7 Å². The minimum atomic E-state index is -0.297. The van der Waals surface area contributed by atoms with E-state index in [-0.39, 0.29) is 18.0 Å². The minimum Gasteiger partial charge on any atom is -0.335 e. The first-order chi connectivity index (χ1) is 12.5. The van der Waals surface area contributed by atoms with Crippen LogP contribution in [0.2, 0.25) is 0 Å². The molecule has 3 amide bonds. The molecule has 0 saturated carbocycles. The standard InChI is InChI=1S/C17H23N7O2/c1-12-4-6-14(7-5-12)16(25)23-8-10-24(11-9-23)17(26)18-13(2)15-19-20-21-22(15)3/h4-7,13H,8-11H2,1-3H3,(H,18,26)/t13-/m1/s1. The fraction of sp³-hybridized carbons (Fsp3) is 0.471. The van der Waals surface area contributed by atoms with Gasteiger partial charge in [-0.2, -0.15) is 0 Å². The van der Waals surface area contributed by atoms with Gasteiger partial charge in [0, 0.05) is 38.8 Å². The number of nitrogens with zero attached hydrogens (tertiary/aromatic N) is 6. The number of aryl methyl sites for hydroxylation is 2. The number of nitrogens with one attached hydrogen (secondary N) is 1. The molecule has 138 valence electrons. The molecule has 0 bridgehead atoms. The van der Waals surface area contributed by atoms with Gasteiger partial charge in [-0.15, -0.1) is 5.10 Å². The Hall–Kier alpha value is -2.97. The van der Waals surface area contributed by atoms with E-state index >= 15 is 0 Å². The van der Waals surface area contributed by atoms with Crippen LogP contribution in [0, 0.1) is 6.92 Å². The summed E-state index contributed by atoms with van der Waals surface area (Å²) >= 11 is 0. The number of aromatic nitrogens is 4. The zero-order valence-corrected chi connectivity index (χ0v) is 15.2. The Labute approximate surface area is 152 Å². The van der Waals surface area contributed by atoms with E-state index in [1.54, 1.807) is 16.8 Å². The van der Waals surface area contributed by atoms with Gasteiger partial charge < -0.3 is 15.1 Å². The van der Waals surface area contributed by atoms with Gasteiger partial charge in [0.1, 0.15) is 0 Å². The SMILES string of the molecule is Cc1ccc(C(=O)N2CCN(C(=O)N[C@H](C)c3nnnn3C)CC2)cc1. The molecule has 2 heterocycles. The predicted octanol–water partition coefficient (Wildman–Crippen LogP) is 0.747. The van der Waals surface area contributed by atoms with E-state index in [4.69, 9.17) is 0 Å². The van der Waals surface area contributed by atoms with E-state index in [0.717, 1.165) is 5.56 Å². The maximum Gasteiger partial charge on any atom is 0.318 e. The largest absolute Gasteiger partial charge is 0.335 e.